The van der Waals surface area contributed by atoms with Gasteiger partial charge in [0.15, 0.2) is 39.7 Å². The average Bonchev–Trinajstić information content (AvgIpc) is 3.87. The van der Waals surface area contributed by atoms with Gasteiger partial charge in [-0.25, -0.2) is 8.78 Å². The van der Waals surface area contributed by atoms with Crippen molar-refractivity contribution < 1.29 is 37.4 Å². The summed E-state index contributed by atoms with van der Waals surface area (Å²) in [5, 5.41) is 0.748. The lowest BCUT2D eigenvalue weighted by molar-refractivity contribution is -0.133. The normalized spacial score (nSPS) is 13.3. The number of carbonyl (C=O) groups excluding carboxylic acids is 3. The molecule has 1 heterocycles. The average molecular weight is 662 g/mol. The van der Waals surface area contributed by atoms with Gasteiger partial charge in [-0.1, -0.05) is 42.8 Å². The monoisotopic (exact) mass is 661 g/mol. The van der Waals surface area contributed by atoms with Crippen LogP contribution in [0, 0.1) is 17.0 Å². The maximum Gasteiger partial charge on any atom is 0.185 e. The summed E-state index contributed by atoms with van der Waals surface area (Å²) in [5.41, 5.74) is 0.617. The standard InChI is InChI=1S/C37H37F2NO6S/c1-24(41)47-18-6-4-3-5-17-45-34-23-30-28(22-33(34)44-2)31(13-16-40-30)46-32-12-9-26(19-29(32)39)21-36(43)37(14-15-37)35(42)20-25-7-10-27(38)11-8-25/h7-13,16,19,22-23H,3-6,14-15,17-18,20-21H2,1-2H3. The number of aromatic nitrogens is 1. The molecule has 0 amide bonds. The molecule has 246 valence electrons. The summed E-state index contributed by atoms with van der Waals surface area (Å²) in [6.45, 7) is 2.08. The predicted octanol–water partition coefficient (Wildman–Crippen LogP) is 8.24. The Kier molecular flexibility index (Phi) is 11.2. The van der Waals surface area contributed by atoms with E-state index in [2.05, 4.69) is 4.98 Å². The van der Waals surface area contributed by atoms with E-state index in [0.29, 0.717) is 58.7 Å². The third-order valence-corrected chi connectivity index (χ3v) is 9.16. The number of hydrogen-bond acceptors (Lipinski definition) is 8. The number of hydrogen-bond donors (Lipinski definition) is 0. The zero-order valence-electron chi connectivity index (χ0n) is 26.5. The van der Waals surface area contributed by atoms with Crippen LogP contribution in [0.4, 0.5) is 8.78 Å². The fourth-order valence-corrected chi connectivity index (χ4v) is 6.09. The number of Topliss-reactive ketones (excluding diaryl/α,β-unsaturated/α-hetero) is 2. The molecule has 10 heteroatoms. The van der Waals surface area contributed by atoms with E-state index < -0.39 is 11.2 Å². The first kappa shape index (κ1) is 34.0. The Balaban J connectivity index is 1.20. The third-order valence-electron chi connectivity index (χ3n) is 8.26. The molecule has 5 rings (SSSR count). The molecule has 1 fully saturated rings. The second kappa shape index (κ2) is 15.5. The topological polar surface area (TPSA) is 91.8 Å². The van der Waals surface area contributed by atoms with Crippen molar-refractivity contribution >= 4 is 39.3 Å². The van der Waals surface area contributed by atoms with Crippen molar-refractivity contribution in [3.63, 3.8) is 0 Å². The number of halogens is 2. The van der Waals surface area contributed by atoms with Gasteiger partial charge in [-0.2, -0.15) is 0 Å². The highest BCUT2D eigenvalue weighted by Crippen LogP contribution is 2.49. The van der Waals surface area contributed by atoms with Gasteiger partial charge in [-0.05, 0) is 73.2 Å². The Morgan fingerprint density at radius 3 is 2.19 bits per heavy atom. The lowest BCUT2D eigenvalue weighted by Crippen LogP contribution is -2.28. The minimum atomic E-state index is -1.06. The molecule has 47 heavy (non-hydrogen) atoms. The highest BCUT2D eigenvalue weighted by molar-refractivity contribution is 8.13. The maximum absolute atomic E-state index is 15.3. The van der Waals surface area contributed by atoms with Crippen LogP contribution >= 0.6 is 11.8 Å². The second-order valence-corrected chi connectivity index (χ2v) is 13.0. The fourth-order valence-electron chi connectivity index (χ4n) is 5.45. The number of thioether (sulfide) groups is 1. The number of pyridine rings is 1. The van der Waals surface area contributed by atoms with Crippen molar-refractivity contribution in [3.05, 3.63) is 89.6 Å². The first-order valence-electron chi connectivity index (χ1n) is 15.7. The van der Waals surface area contributed by atoms with E-state index in [9.17, 15) is 18.8 Å². The van der Waals surface area contributed by atoms with Gasteiger partial charge in [0.1, 0.15) is 11.6 Å². The van der Waals surface area contributed by atoms with Gasteiger partial charge in [0.2, 0.25) is 0 Å². The van der Waals surface area contributed by atoms with E-state index in [-0.39, 0.29) is 41.1 Å². The van der Waals surface area contributed by atoms with Crippen molar-refractivity contribution in [1.82, 2.24) is 4.98 Å². The lowest BCUT2D eigenvalue weighted by atomic mass is 9.88. The quantitative estimate of drug-likeness (QED) is 0.0826. The summed E-state index contributed by atoms with van der Waals surface area (Å²) >= 11 is 1.35. The van der Waals surface area contributed by atoms with E-state index in [1.165, 1.54) is 36.0 Å². The van der Waals surface area contributed by atoms with Crippen LogP contribution in [0.15, 0.2) is 66.9 Å². The van der Waals surface area contributed by atoms with Crippen molar-refractivity contribution in [2.75, 3.05) is 19.5 Å². The summed E-state index contributed by atoms with van der Waals surface area (Å²) in [4.78, 5) is 41.6. The van der Waals surface area contributed by atoms with E-state index in [1.807, 2.05) is 0 Å². The fraction of sp³-hybridized carbons (Fsp3) is 0.351. The predicted molar refractivity (Wildman–Crippen MR) is 177 cm³/mol. The molecule has 1 aliphatic rings. The molecular weight excluding hydrogens is 624 g/mol. The first-order valence-corrected chi connectivity index (χ1v) is 16.7. The Labute approximate surface area is 277 Å². The highest BCUT2D eigenvalue weighted by atomic mass is 32.2. The number of methoxy groups -OCH3 is 1. The van der Waals surface area contributed by atoms with Crippen LogP contribution in [-0.2, 0) is 27.2 Å². The summed E-state index contributed by atoms with van der Waals surface area (Å²) in [6.07, 6.45) is 6.31. The van der Waals surface area contributed by atoms with Gasteiger partial charge in [0.25, 0.3) is 0 Å². The molecule has 0 spiro atoms. The van der Waals surface area contributed by atoms with Gasteiger partial charge < -0.3 is 14.2 Å². The number of nitrogens with zero attached hydrogens (tertiary/aromatic N) is 1. The van der Waals surface area contributed by atoms with Crippen molar-refractivity contribution in [3.8, 4) is 23.0 Å². The van der Waals surface area contributed by atoms with E-state index in [0.717, 1.165) is 31.4 Å². The van der Waals surface area contributed by atoms with Crippen LogP contribution in [0.25, 0.3) is 10.9 Å². The first-order chi connectivity index (χ1) is 22.7. The van der Waals surface area contributed by atoms with Crippen LogP contribution in [-0.4, -0.2) is 41.1 Å². The number of fused-ring (bicyclic) bond motifs is 1. The van der Waals surface area contributed by atoms with Gasteiger partial charge in [0, 0.05) is 43.2 Å². The van der Waals surface area contributed by atoms with Gasteiger partial charge in [0.05, 0.1) is 24.6 Å². The molecule has 0 unspecified atom stereocenters. The zero-order chi connectivity index (χ0) is 33.4. The summed E-state index contributed by atoms with van der Waals surface area (Å²) in [5.74, 6) is 0.744. The van der Waals surface area contributed by atoms with Crippen molar-refractivity contribution in [2.45, 2.75) is 58.3 Å². The van der Waals surface area contributed by atoms with Crippen LogP contribution < -0.4 is 14.2 Å². The minimum Gasteiger partial charge on any atom is -0.493 e. The molecule has 0 bridgehead atoms. The Morgan fingerprint density at radius 1 is 0.809 bits per heavy atom. The Morgan fingerprint density at radius 2 is 1.51 bits per heavy atom. The number of rotatable bonds is 17. The molecule has 0 N–H and O–H groups in total. The van der Waals surface area contributed by atoms with E-state index in [4.69, 9.17) is 14.2 Å². The number of ketones is 2. The van der Waals surface area contributed by atoms with Crippen molar-refractivity contribution in [2.24, 2.45) is 5.41 Å². The molecule has 4 aromatic rings. The molecule has 1 aromatic heterocycles. The molecule has 1 saturated carbocycles. The molecule has 0 aliphatic heterocycles. The number of unbranched alkanes of at least 4 members (excludes halogenated alkanes) is 3. The van der Waals surface area contributed by atoms with Crippen LogP contribution in [0.5, 0.6) is 23.0 Å². The van der Waals surface area contributed by atoms with Gasteiger partial charge >= 0.3 is 0 Å². The number of carbonyl (C=O) groups is 3. The summed E-state index contributed by atoms with van der Waals surface area (Å²) in [6, 6.07) is 15.2. The molecule has 0 radical (unpaired) electrons. The number of ether oxygens (including phenoxy) is 3. The molecule has 0 saturated heterocycles. The largest absolute Gasteiger partial charge is 0.493 e. The maximum atomic E-state index is 15.3. The second-order valence-electron chi connectivity index (χ2n) is 11.7. The van der Waals surface area contributed by atoms with Gasteiger partial charge in [-0.3, -0.25) is 19.4 Å². The number of benzene rings is 3. The SMILES string of the molecule is COc1cc2c(Oc3ccc(CC(=O)C4(C(=O)Cc5ccc(F)cc5)CC4)cc3F)ccnc2cc1OCCCCCCSC(C)=O. The third kappa shape index (κ3) is 8.74. The lowest BCUT2D eigenvalue weighted by Gasteiger charge is -2.15. The summed E-state index contributed by atoms with van der Waals surface area (Å²) < 4.78 is 46.1. The Hall–Kier alpha value is -4.31. The smallest absolute Gasteiger partial charge is 0.185 e. The molecule has 3 aromatic carbocycles. The van der Waals surface area contributed by atoms with Crippen LogP contribution in [0.1, 0.15) is 56.6 Å². The van der Waals surface area contributed by atoms with Gasteiger partial charge in [-0.15, -0.1) is 0 Å². The highest BCUT2D eigenvalue weighted by Gasteiger charge is 2.54. The molecule has 7 nitrogen and oxygen atoms in total. The summed E-state index contributed by atoms with van der Waals surface area (Å²) in [7, 11) is 1.54. The van der Waals surface area contributed by atoms with Crippen LogP contribution in [0.2, 0.25) is 0 Å². The van der Waals surface area contributed by atoms with E-state index in [1.54, 1.807) is 56.6 Å². The van der Waals surface area contributed by atoms with Crippen LogP contribution in [0.3, 0.4) is 0 Å². The zero-order valence-corrected chi connectivity index (χ0v) is 27.3. The van der Waals surface area contributed by atoms with E-state index >= 15 is 4.39 Å². The van der Waals surface area contributed by atoms with Crippen molar-refractivity contribution in [1.29, 1.82) is 0 Å². The Bertz CT molecular complexity index is 1760. The molecule has 1 aliphatic carbocycles. The molecule has 0 atom stereocenters. The minimum absolute atomic E-state index is 0.0248. The molecular formula is C37H37F2NO6S.